The zero-order valence-electron chi connectivity index (χ0n) is 16.2. The minimum Gasteiger partial charge on any atom is -0.321 e. The molecule has 0 spiro atoms. The summed E-state index contributed by atoms with van der Waals surface area (Å²) in [5, 5.41) is 9.06. The molecule has 0 aliphatic rings. The number of carbonyl (C=O) groups is 1. The van der Waals surface area contributed by atoms with Crippen LogP contribution in [0.2, 0.25) is 15.1 Å². The smallest absolute Gasteiger partial charge is 0.276 e. The first kappa shape index (κ1) is 21.9. The van der Waals surface area contributed by atoms with Gasteiger partial charge >= 0.3 is 0 Å². The van der Waals surface area contributed by atoms with Gasteiger partial charge in [-0.05, 0) is 61.5 Å². The van der Waals surface area contributed by atoms with Crippen molar-refractivity contribution < 1.29 is 4.79 Å². The molecule has 0 aliphatic carbocycles. The van der Waals surface area contributed by atoms with Crippen LogP contribution in [0.4, 0.5) is 5.69 Å². The van der Waals surface area contributed by atoms with Crippen LogP contribution in [0.5, 0.6) is 0 Å². The number of rotatable bonds is 4. The highest BCUT2D eigenvalue weighted by atomic mass is 79.9. The maximum atomic E-state index is 13.1. The Kier molecular flexibility index (Phi) is 6.39. The fraction of sp³-hybridized carbons (Fsp3) is 0.0435. The van der Waals surface area contributed by atoms with E-state index in [9.17, 15) is 4.79 Å². The molecule has 156 valence electrons. The Balaban J connectivity index is 1.84. The summed E-state index contributed by atoms with van der Waals surface area (Å²) in [6.45, 7) is 1.85. The molecule has 0 aliphatic heterocycles. The first-order valence-corrected chi connectivity index (χ1v) is 11.1. The molecule has 0 fully saturated rings. The summed E-state index contributed by atoms with van der Waals surface area (Å²) in [6, 6.07) is 19.8. The number of hydrogen-bond acceptors (Lipinski definition) is 2. The van der Waals surface area contributed by atoms with E-state index in [0.29, 0.717) is 37.7 Å². The maximum Gasteiger partial charge on any atom is 0.276 e. The van der Waals surface area contributed by atoms with Gasteiger partial charge < -0.3 is 5.32 Å². The predicted octanol–water partition coefficient (Wildman–Crippen LogP) is 7.82. The summed E-state index contributed by atoms with van der Waals surface area (Å²) in [4.78, 5) is 13.1. The molecule has 4 aromatic rings. The molecule has 1 N–H and O–H groups in total. The van der Waals surface area contributed by atoms with Crippen LogP contribution < -0.4 is 5.32 Å². The lowest BCUT2D eigenvalue weighted by molar-refractivity contribution is 0.102. The summed E-state index contributed by atoms with van der Waals surface area (Å²) in [5.74, 6) is -0.320. The van der Waals surface area contributed by atoms with Crippen molar-refractivity contribution in [3.63, 3.8) is 0 Å². The molecule has 31 heavy (non-hydrogen) atoms. The fourth-order valence-corrected chi connectivity index (χ4v) is 4.09. The second-order valence-electron chi connectivity index (χ2n) is 6.80. The van der Waals surface area contributed by atoms with Crippen LogP contribution in [0.15, 0.2) is 71.2 Å². The molecule has 8 heteroatoms. The first-order valence-electron chi connectivity index (χ1n) is 9.21. The van der Waals surface area contributed by atoms with Crippen molar-refractivity contribution in [3.8, 4) is 16.9 Å². The van der Waals surface area contributed by atoms with Gasteiger partial charge in [0.15, 0.2) is 5.69 Å². The zero-order chi connectivity index (χ0) is 22.1. The van der Waals surface area contributed by atoms with Gasteiger partial charge in [-0.25, -0.2) is 4.68 Å². The van der Waals surface area contributed by atoms with Crippen molar-refractivity contribution >= 4 is 62.3 Å². The van der Waals surface area contributed by atoms with Crippen molar-refractivity contribution in [1.82, 2.24) is 9.78 Å². The molecule has 0 saturated carbocycles. The Labute approximate surface area is 202 Å². The molecule has 0 radical (unpaired) electrons. The molecule has 0 atom stereocenters. The van der Waals surface area contributed by atoms with Crippen LogP contribution in [-0.2, 0) is 0 Å². The Bertz CT molecular complexity index is 1270. The van der Waals surface area contributed by atoms with Gasteiger partial charge in [-0.1, -0.05) is 62.9 Å². The van der Waals surface area contributed by atoms with Crippen molar-refractivity contribution in [2.45, 2.75) is 6.92 Å². The highest BCUT2D eigenvalue weighted by molar-refractivity contribution is 9.10. The molecule has 0 saturated heterocycles. The van der Waals surface area contributed by atoms with Crippen LogP contribution in [0, 0.1) is 6.92 Å². The number of amides is 1. The van der Waals surface area contributed by atoms with E-state index in [4.69, 9.17) is 34.8 Å². The van der Waals surface area contributed by atoms with E-state index in [-0.39, 0.29) is 5.91 Å². The molecule has 4 rings (SSSR count). The maximum absolute atomic E-state index is 13.1. The van der Waals surface area contributed by atoms with E-state index in [1.807, 2.05) is 43.3 Å². The summed E-state index contributed by atoms with van der Waals surface area (Å²) in [6.07, 6.45) is 0. The third-order valence-corrected chi connectivity index (χ3v) is 6.01. The van der Waals surface area contributed by atoms with Crippen molar-refractivity contribution in [1.29, 1.82) is 0 Å². The molecule has 1 amide bonds. The molecule has 0 bridgehead atoms. The lowest BCUT2D eigenvalue weighted by Crippen LogP contribution is -2.14. The van der Waals surface area contributed by atoms with E-state index >= 15 is 0 Å². The predicted molar refractivity (Wildman–Crippen MR) is 131 cm³/mol. The van der Waals surface area contributed by atoms with Gasteiger partial charge in [0.2, 0.25) is 0 Å². The van der Waals surface area contributed by atoms with Crippen molar-refractivity contribution in [2.24, 2.45) is 0 Å². The van der Waals surface area contributed by atoms with Gasteiger partial charge in [0.25, 0.3) is 5.91 Å². The minimum absolute atomic E-state index is 0.291. The Morgan fingerprint density at radius 3 is 2.23 bits per heavy atom. The SMILES string of the molecule is Cc1c(C(=O)Nc2ccc(Br)cc2)nn(-c2ccc(Cl)cc2Cl)c1-c1ccc(Cl)cc1. The van der Waals surface area contributed by atoms with Crippen LogP contribution in [-0.4, -0.2) is 15.7 Å². The average Bonchev–Trinajstić information content (AvgIpc) is 3.07. The van der Waals surface area contributed by atoms with Crippen LogP contribution >= 0.6 is 50.7 Å². The number of halogens is 4. The summed E-state index contributed by atoms with van der Waals surface area (Å²) in [7, 11) is 0. The monoisotopic (exact) mass is 533 g/mol. The van der Waals surface area contributed by atoms with Gasteiger partial charge in [-0.3, -0.25) is 4.79 Å². The Morgan fingerprint density at radius 1 is 0.935 bits per heavy atom. The number of aromatic nitrogens is 2. The van der Waals surface area contributed by atoms with Crippen molar-refractivity contribution in [2.75, 3.05) is 5.32 Å². The largest absolute Gasteiger partial charge is 0.321 e. The Hall–Kier alpha value is -2.31. The summed E-state index contributed by atoms with van der Waals surface area (Å²) < 4.78 is 2.58. The minimum atomic E-state index is -0.320. The van der Waals surface area contributed by atoms with E-state index in [0.717, 1.165) is 15.7 Å². The molecule has 1 aromatic heterocycles. The lowest BCUT2D eigenvalue weighted by Gasteiger charge is -2.11. The summed E-state index contributed by atoms with van der Waals surface area (Å²) >= 11 is 22.0. The second kappa shape index (κ2) is 9.05. The number of benzene rings is 3. The molecular weight excluding hydrogens is 521 g/mol. The van der Waals surface area contributed by atoms with Crippen LogP contribution in [0.3, 0.4) is 0 Å². The number of nitrogens with one attached hydrogen (secondary N) is 1. The molecule has 1 heterocycles. The first-order chi connectivity index (χ1) is 14.8. The molecular formula is C23H15BrCl3N3O. The summed E-state index contributed by atoms with van der Waals surface area (Å²) in [5.41, 5.74) is 3.87. The normalized spacial score (nSPS) is 10.9. The second-order valence-corrected chi connectivity index (χ2v) is 8.99. The van der Waals surface area contributed by atoms with Gasteiger partial charge in [0.05, 0.1) is 16.4 Å². The van der Waals surface area contributed by atoms with Gasteiger partial charge in [0, 0.05) is 31.3 Å². The van der Waals surface area contributed by atoms with Crippen LogP contribution in [0.25, 0.3) is 16.9 Å². The van der Waals surface area contributed by atoms with Gasteiger partial charge in [-0.15, -0.1) is 0 Å². The molecule has 3 aromatic carbocycles. The number of carbonyl (C=O) groups excluding carboxylic acids is 1. The fourth-order valence-electron chi connectivity index (χ4n) is 3.21. The third kappa shape index (κ3) is 4.65. The topological polar surface area (TPSA) is 46.9 Å². The standard InChI is InChI=1S/C23H15BrCl3N3O/c1-13-21(23(31)28-18-9-4-15(24)5-10-18)29-30(20-11-8-17(26)12-19(20)27)22(13)14-2-6-16(25)7-3-14/h2-12H,1H3,(H,28,31). The number of anilines is 1. The van der Waals surface area contributed by atoms with Crippen molar-refractivity contribution in [3.05, 3.63) is 97.5 Å². The zero-order valence-corrected chi connectivity index (χ0v) is 20.0. The third-order valence-electron chi connectivity index (χ3n) is 4.69. The molecule has 0 unspecified atom stereocenters. The van der Waals surface area contributed by atoms with E-state index < -0.39 is 0 Å². The Morgan fingerprint density at radius 2 is 1.58 bits per heavy atom. The quantitative estimate of drug-likeness (QED) is 0.290. The van der Waals surface area contributed by atoms with Gasteiger partial charge in [0.1, 0.15) is 0 Å². The lowest BCUT2D eigenvalue weighted by atomic mass is 10.1. The van der Waals surface area contributed by atoms with E-state index in [1.165, 1.54) is 0 Å². The van der Waals surface area contributed by atoms with E-state index in [2.05, 4.69) is 26.3 Å². The average molecular weight is 536 g/mol. The molecule has 4 nitrogen and oxygen atoms in total. The highest BCUT2D eigenvalue weighted by Crippen LogP contribution is 2.33. The van der Waals surface area contributed by atoms with Crippen LogP contribution in [0.1, 0.15) is 16.1 Å². The number of hydrogen-bond donors (Lipinski definition) is 1. The highest BCUT2D eigenvalue weighted by Gasteiger charge is 2.23. The number of nitrogens with zero attached hydrogens (tertiary/aromatic N) is 2. The van der Waals surface area contributed by atoms with Gasteiger partial charge in [-0.2, -0.15) is 5.10 Å². The van der Waals surface area contributed by atoms with E-state index in [1.54, 1.807) is 35.0 Å².